The number of aryl methyl sites for hydroxylation is 1. The van der Waals surface area contributed by atoms with E-state index < -0.39 is 0 Å². The fourth-order valence-electron chi connectivity index (χ4n) is 4.73. The van der Waals surface area contributed by atoms with Crippen molar-refractivity contribution in [1.29, 1.82) is 0 Å². The Morgan fingerprint density at radius 1 is 1.14 bits per heavy atom. The maximum atomic E-state index is 12.9. The molecule has 2 atom stereocenters. The molecule has 1 amide bonds. The SMILES string of the molecule is CCc1nnc2n1C[C@H]1CC[C@@H](C2)N1C(=O)CC1CCCC1. The van der Waals surface area contributed by atoms with Crippen LogP contribution in [0.2, 0.25) is 0 Å². The number of nitrogens with zero attached hydrogens (tertiary/aromatic N) is 4. The van der Waals surface area contributed by atoms with Crippen molar-refractivity contribution in [2.75, 3.05) is 0 Å². The molecule has 1 aliphatic carbocycles. The largest absolute Gasteiger partial charge is 0.334 e. The van der Waals surface area contributed by atoms with Gasteiger partial charge in [-0.25, -0.2) is 0 Å². The van der Waals surface area contributed by atoms with Gasteiger partial charge in [-0.1, -0.05) is 19.8 Å². The van der Waals surface area contributed by atoms with Crippen LogP contribution in [0.25, 0.3) is 0 Å². The summed E-state index contributed by atoms with van der Waals surface area (Å²) < 4.78 is 2.28. The van der Waals surface area contributed by atoms with E-state index in [1.807, 2.05) is 0 Å². The molecule has 0 radical (unpaired) electrons. The normalized spacial score (nSPS) is 28.0. The van der Waals surface area contributed by atoms with E-state index in [1.165, 1.54) is 25.7 Å². The molecule has 1 saturated heterocycles. The molecule has 120 valence electrons. The maximum Gasteiger partial charge on any atom is 0.223 e. The number of fused-ring (bicyclic) bond motifs is 3. The summed E-state index contributed by atoms with van der Waals surface area (Å²) in [7, 11) is 0. The zero-order valence-corrected chi connectivity index (χ0v) is 13.5. The van der Waals surface area contributed by atoms with Crippen LogP contribution in [-0.4, -0.2) is 37.7 Å². The molecule has 0 unspecified atom stereocenters. The lowest BCUT2D eigenvalue weighted by molar-refractivity contribution is -0.135. The lowest BCUT2D eigenvalue weighted by Gasteiger charge is -2.29. The van der Waals surface area contributed by atoms with Crippen molar-refractivity contribution >= 4 is 5.91 Å². The van der Waals surface area contributed by atoms with E-state index in [-0.39, 0.29) is 0 Å². The highest BCUT2D eigenvalue weighted by Gasteiger charge is 2.41. The van der Waals surface area contributed by atoms with Crippen molar-refractivity contribution in [2.24, 2.45) is 5.92 Å². The molecule has 5 nitrogen and oxygen atoms in total. The molecule has 0 N–H and O–H groups in total. The number of rotatable bonds is 3. The lowest BCUT2D eigenvalue weighted by Crippen LogP contribution is -2.42. The van der Waals surface area contributed by atoms with Crippen LogP contribution in [0.4, 0.5) is 0 Å². The minimum absolute atomic E-state index is 0.356. The summed E-state index contributed by atoms with van der Waals surface area (Å²) in [6.45, 7) is 3.03. The van der Waals surface area contributed by atoms with Gasteiger partial charge in [0.25, 0.3) is 0 Å². The second-order valence-corrected chi connectivity index (χ2v) is 7.24. The molecule has 3 aliphatic rings. The van der Waals surface area contributed by atoms with Crippen molar-refractivity contribution in [3.05, 3.63) is 11.6 Å². The zero-order chi connectivity index (χ0) is 15.1. The highest BCUT2D eigenvalue weighted by Crippen LogP contribution is 2.34. The Hall–Kier alpha value is -1.39. The monoisotopic (exact) mass is 302 g/mol. The molecule has 1 aromatic rings. The minimum Gasteiger partial charge on any atom is -0.334 e. The maximum absolute atomic E-state index is 12.9. The lowest BCUT2D eigenvalue weighted by atomic mass is 10.0. The molecule has 2 bridgehead atoms. The smallest absolute Gasteiger partial charge is 0.223 e. The van der Waals surface area contributed by atoms with Crippen molar-refractivity contribution in [2.45, 2.75) is 83.3 Å². The number of hydrogen-bond acceptors (Lipinski definition) is 3. The van der Waals surface area contributed by atoms with Gasteiger partial charge in [0, 0.05) is 31.8 Å². The Labute approximate surface area is 132 Å². The van der Waals surface area contributed by atoms with Crippen LogP contribution < -0.4 is 0 Å². The van der Waals surface area contributed by atoms with E-state index in [9.17, 15) is 4.79 Å². The Bertz CT molecular complexity index is 561. The zero-order valence-electron chi connectivity index (χ0n) is 13.5. The second-order valence-electron chi connectivity index (χ2n) is 7.24. The van der Waals surface area contributed by atoms with Crippen molar-refractivity contribution in [3.8, 4) is 0 Å². The number of carbonyl (C=O) groups is 1. The van der Waals surface area contributed by atoms with Gasteiger partial charge in [-0.05, 0) is 31.6 Å². The summed E-state index contributed by atoms with van der Waals surface area (Å²) in [6.07, 6.45) is 9.98. The molecular weight excluding hydrogens is 276 g/mol. The summed E-state index contributed by atoms with van der Waals surface area (Å²) >= 11 is 0. The van der Waals surface area contributed by atoms with Crippen LogP contribution in [-0.2, 0) is 24.2 Å². The van der Waals surface area contributed by atoms with Crippen LogP contribution in [0.1, 0.15) is 63.5 Å². The third-order valence-electron chi connectivity index (χ3n) is 5.88. The molecule has 3 heterocycles. The van der Waals surface area contributed by atoms with Gasteiger partial charge in [-0.15, -0.1) is 10.2 Å². The molecular formula is C17H26N4O. The quantitative estimate of drug-likeness (QED) is 0.861. The van der Waals surface area contributed by atoms with Gasteiger partial charge in [0.1, 0.15) is 11.6 Å². The molecule has 1 saturated carbocycles. The summed E-state index contributed by atoms with van der Waals surface area (Å²) in [5, 5.41) is 8.70. The average molecular weight is 302 g/mol. The van der Waals surface area contributed by atoms with Gasteiger partial charge in [-0.3, -0.25) is 4.79 Å². The molecule has 5 heteroatoms. The first kappa shape index (κ1) is 14.2. The highest BCUT2D eigenvalue weighted by molar-refractivity contribution is 5.77. The highest BCUT2D eigenvalue weighted by atomic mass is 16.2. The van der Waals surface area contributed by atoms with Crippen molar-refractivity contribution in [3.63, 3.8) is 0 Å². The number of carbonyl (C=O) groups excluding carboxylic acids is 1. The van der Waals surface area contributed by atoms with Crippen LogP contribution in [0.15, 0.2) is 0 Å². The van der Waals surface area contributed by atoms with Crippen molar-refractivity contribution in [1.82, 2.24) is 19.7 Å². The Morgan fingerprint density at radius 2 is 1.91 bits per heavy atom. The van der Waals surface area contributed by atoms with Gasteiger partial charge < -0.3 is 9.47 Å². The van der Waals surface area contributed by atoms with Gasteiger partial charge in [0.2, 0.25) is 5.91 Å². The van der Waals surface area contributed by atoms with Gasteiger partial charge in [0.05, 0.1) is 6.04 Å². The predicted octanol–water partition coefficient (Wildman–Crippen LogP) is 2.34. The summed E-state index contributed by atoms with van der Waals surface area (Å²) in [6, 6.07) is 0.718. The van der Waals surface area contributed by atoms with Crippen LogP contribution in [0, 0.1) is 5.92 Å². The number of hydrogen-bond donors (Lipinski definition) is 0. The van der Waals surface area contributed by atoms with Gasteiger partial charge in [0.15, 0.2) is 0 Å². The molecule has 0 aromatic carbocycles. The average Bonchev–Trinajstić information content (AvgIpc) is 3.19. The molecule has 0 spiro atoms. The fourth-order valence-corrected chi connectivity index (χ4v) is 4.73. The van der Waals surface area contributed by atoms with Crippen LogP contribution >= 0.6 is 0 Å². The first-order valence-electron chi connectivity index (χ1n) is 8.98. The Morgan fingerprint density at radius 3 is 2.68 bits per heavy atom. The fraction of sp³-hybridized carbons (Fsp3) is 0.824. The van der Waals surface area contributed by atoms with Gasteiger partial charge >= 0.3 is 0 Å². The van der Waals surface area contributed by atoms with E-state index in [0.717, 1.165) is 50.3 Å². The molecule has 2 aliphatic heterocycles. The summed E-state index contributed by atoms with van der Waals surface area (Å²) in [5.41, 5.74) is 0. The standard InChI is InChI=1S/C17H26N4O/c1-2-15-18-19-16-10-13-7-8-14(11-20(15)16)21(13)17(22)9-12-5-3-4-6-12/h12-14H,2-11H2,1H3/t13-,14+/m0/s1. The van der Waals surface area contributed by atoms with Gasteiger partial charge in [-0.2, -0.15) is 0 Å². The van der Waals surface area contributed by atoms with E-state index >= 15 is 0 Å². The predicted molar refractivity (Wildman–Crippen MR) is 83.3 cm³/mol. The third kappa shape index (κ3) is 2.34. The van der Waals surface area contributed by atoms with E-state index in [0.29, 0.717) is 23.9 Å². The topological polar surface area (TPSA) is 51.0 Å². The molecule has 4 rings (SSSR count). The second kappa shape index (κ2) is 5.67. The number of aromatic nitrogens is 3. The summed E-state index contributed by atoms with van der Waals surface area (Å²) in [4.78, 5) is 15.1. The van der Waals surface area contributed by atoms with Crippen LogP contribution in [0.5, 0.6) is 0 Å². The number of amides is 1. The molecule has 1 aromatic heterocycles. The van der Waals surface area contributed by atoms with E-state index in [1.54, 1.807) is 0 Å². The minimum atomic E-state index is 0.356. The molecule has 2 fully saturated rings. The summed E-state index contributed by atoms with van der Waals surface area (Å²) in [5.74, 6) is 3.20. The van der Waals surface area contributed by atoms with Crippen molar-refractivity contribution < 1.29 is 4.79 Å². The Kier molecular flexibility index (Phi) is 3.66. The van der Waals surface area contributed by atoms with E-state index in [2.05, 4.69) is 26.6 Å². The first-order chi connectivity index (χ1) is 10.8. The first-order valence-corrected chi connectivity index (χ1v) is 8.98. The van der Waals surface area contributed by atoms with Crippen LogP contribution in [0.3, 0.4) is 0 Å². The Balaban J connectivity index is 1.53. The third-order valence-corrected chi connectivity index (χ3v) is 5.88. The molecule has 22 heavy (non-hydrogen) atoms. The van der Waals surface area contributed by atoms with E-state index in [4.69, 9.17) is 0 Å².